The molecule has 0 unspecified atom stereocenters. The van der Waals surface area contributed by atoms with Crippen LogP contribution in [0.5, 0.6) is 0 Å². The molecule has 2 rings (SSSR count). The van der Waals surface area contributed by atoms with Gasteiger partial charge in [0.05, 0.1) is 16.2 Å². The van der Waals surface area contributed by atoms with Crippen molar-refractivity contribution < 1.29 is 48.0 Å². The molecule has 6 amide bonds. The van der Waals surface area contributed by atoms with Gasteiger partial charge in [-0.25, -0.2) is 9.59 Å². The summed E-state index contributed by atoms with van der Waals surface area (Å²) in [5, 5.41) is 6.35. The van der Waals surface area contributed by atoms with E-state index in [2.05, 4.69) is 31.4 Å². The molecule has 2 aliphatic heterocycles. The van der Waals surface area contributed by atoms with Gasteiger partial charge in [-0.3, -0.25) is 28.8 Å². The average molecular weight is 703 g/mol. The van der Waals surface area contributed by atoms with Crippen LogP contribution < -0.4 is 10.6 Å². The van der Waals surface area contributed by atoms with Crippen molar-refractivity contribution in [2.45, 2.75) is 57.8 Å². The Balaban J connectivity index is 0.000000375. The van der Waals surface area contributed by atoms with Gasteiger partial charge in [-0.2, -0.15) is 0 Å². The van der Waals surface area contributed by atoms with Crippen LogP contribution in [0.4, 0.5) is 0 Å². The zero-order valence-electron chi connectivity index (χ0n) is 19.9. The molecule has 2 heterocycles. The molecule has 2 N–H and O–H groups in total. The van der Waals surface area contributed by atoms with Crippen LogP contribution in [0.1, 0.15) is 57.8 Å². The number of hydrogen-bond acceptors (Lipinski definition) is 10. The Morgan fingerprint density at radius 2 is 1.16 bits per heavy atom. The minimum atomic E-state index is -0.733. The zero-order valence-corrected chi connectivity index (χ0v) is 23.7. The van der Waals surface area contributed by atoms with Crippen LogP contribution in [0, 0.1) is 0 Å². The first-order valence-corrected chi connectivity index (χ1v) is 14.0. The molecule has 16 heteroatoms. The number of halogens is 2. The van der Waals surface area contributed by atoms with E-state index in [4.69, 9.17) is 4.84 Å². The Morgan fingerprint density at radius 1 is 0.703 bits per heavy atom. The smallest absolute Gasteiger partial charge is 0.334 e. The Bertz CT molecular complexity index is 869. The van der Waals surface area contributed by atoms with Gasteiger partial charge in [-0.15, -0.1) is 10.1 Å². The Hall–Kier alpha value is -2.63. The van der Waals surface area contributed by atoms with Gasteiger partial charge in [0, 0.05) is 45.2 Å². The van der Waals surface area contributed by atoms with Crippen LogP contribution in [0.25, 0.3) is 0 Å². The SMILES string of the molecule is O=C(CBr)NCCC(=O)ON1C(=O)CCC1=O.O=C(CI)NCCCCCC(=O)ON1C(=O)CCC1=O. The Labute approximate surface area is 234 Å². The second kappa shape index (κ2) is 17.8. The van der Waals surface area contributed by atoms with E-state index < -0.39 is 35.6 Å². The number of nitrogens with one attached hydrogen (secondary N) is 2. The molecule has 2 aliphatic rings. The van der Waals surface area contributed by atoms with Crippen LogP contribution in [-0.2, 0) is 48.0 Å². The number of unbranched alkanes of at least 4 members (excludes halogenated alkanes) is 2. The molecular formula is C21H28BrIN4O10. The van der Waals surface area contributed by atoms with Crippen molar-refractivity contribution in [1.29, 1.82) is 0 Å². The predicted molar refractivity (Wildman–Crippen MR) is 136 cm³/mol. The fourth-order valence-electron chi connectivity index (χ4n) is 2.81. The van der Waals surface area contributed by atoms with E-state index in [-0.39, 0.29) is 62.2 Å². The summed E-state index contributed by atoms with van der Waals surface area (Å²) < 4.78 is 0.433. The summed E-state index contributed by atoms with van der Waals surface area (Å²) in [7, 11) is 0. The summed E-state index contributed by atoms with van der Waals surface area (Å²) in [6.07, 6.45) is 2.50. The quantitative estimate of drug-likeness (QED) is 0.116. The molecule has 206 valence electrons. The second-order valence-electron chi connectivity index (χ2n) is 7.62. The summed E-state index contributed by atoms with van der Waals surface area (Å²) in [6, 6.07) is 0. The molecule has 0 aliphatic carbocycles. The van der Waals surface area contributed by atoms with E-state index in [1.165, 1.54) is 0 Å². The zero-order chi connectivity index (χ0) is 27.8. The van der Waals surface area contributed by atoms with Crippen molar-refractivity contribution in [3.05, 3.63) is 0 Å². The predicted octanol–water partition coefficient (Wildman–Crippen LogP) is 0.200. The number of imide groups is 2. The average Bonchev–Trinajstić information content (AvgIpc) is 3.36. The molecule has 0 aromatic heterocycles. The normalized spacial score (nSPS) is 14.8. The van der Waals surface area contributed by atoms with Crippen molar-refractivity contribution in [2.24, 2.45) is 0 Å². The van der Waals surface area contributed by atoms with Gasteiger partial charge in [0.25, 0.3) is 23.6 Å². The Kier molecular flexibility index (Phi) is 15.6. The number of nitrogens with zero attached hydrogens (tertiary/aromatic N) is 2. The van der Waals surface area contributed by atoms with Gasteiger partial charge >= 0.3 is 11.9 Å². The van der Waals surface area contributed by atoms with Gasteiger partial charge in [0.2, 0.25) is 11.8 Å². The molecule has 0 aromatic rings. The van der Waals surface area contributed by atoms with E-state index in [9.17, 15) is 38.4 Å². The molecule has 37 heavy (non-hydrogen) atoms. The van der Waals surface area contributed by atoms with Gasteiger partial charge < -0.3 is 20.3 Å². The molecular weight excluding hydrogens is 675 g/mol. The molecule has 2 fully saturated rings. The summed E-state index contributed by atoms with van der Waals surface area (Å²) >= 11 is 4.93. The number of hydroxylamine groups is 4. The van der Waals surface area contributed by atoms with Crippen molar-refractivity contribution in [2.75, 3.05) is 22.8 Å². The largest absolute Gasteiger partial charge is 0.355 e. The highest BCUT2D eigenvalue weighted by Gasteiger charge is 2.33. The molecule has 0 bridgehead atoms. The Morgan fingerprint density at radius 3 is 1.62 bits per heavy atom. The minimum absolute atomic E-state index is 0.00364. The summed E-state index contributed by atoms with van der Waals surface area (Å²) in [5.41, 5.74) is 0. The topological polar surface area (TPSA) is 186 Å². The minimum Gasteiger partial charge on any atom is -0.355 e. The van der Waals surface area contributed by atoms with Crippen LogP contribution in [-0.4, -0.2) is 80.4 Å². The third-order valence-electron chi connectivity index (χ3n) is 4.67. The summed E-state index contributed by atoms with van der Waals surface area (Å²) in [6.45, 7) is 0.680. The van der Waals surface area contributed by atoms with E-state index in [1.807, 2.05) is 22.6 Å². The van der Waals surface area contributed by atoms with Crippen molar-refractivity contribution >= 4 is 85.9 Å². The first-order chi connectivity index (χ1) is 17.6. The lowest BCUT2D eigenvalue weighted by Gasteiger charge is -2.12. The van der Waals surface area contributed by atoms with E-state index in [0.717, 1.165) is 12.8 Å². The lowest BCUT2D eigenvalue weighted by atomic mass is 10.2. The van der Waals surface area contributed by atoms with Gasteiger partial charge in [0.15, 0.2) is 0 Å². The molecule has 0 saturated carbocycles. The van der Waals surface area contributed by atoms with Crippen LogP contribution in [0.2, 0.25) is 0 Å². The first-order valence-electron chi connectivity index (χ1n) is 11.4. The summed E-state index contributed by atoms with van der Waals surface area (Å²) in [4.78, 5) is 98.4. The standard InChI is InChI=1S/C12H17IN2O5.C9H11BrN2O5/c13-8-9(16)14-7-3-1-2-4-12(19)20-15-10(17)5-6-11(15)18;10-5-6(13)11-4-3-9(16)17-12-7(14)1-2-8(12)15/h1-8H2,(H,14,16);1-5H2,(H,11,13). The molecule has 14 nitrogen and oxygen atoms in total. The lowest BCUT2D eigenvalue weighted by molar-refractivity contribution is -0.197. The van der Waals surface area contributed by atoms with Gasteiger partial charge in [-0.05, 0) is 12.8 Å². The first kappa shape index (κ1) is 32.4. The maximum absolute atomic E-state index is 11.4. The fraction of sp³-hybridized carbons (Fsp3) is 0.619. The fourth-order valence-corrected chi connectivity index (χ4v) is 3.28. The van der Waals surface area contributed by atoms with Crippen molar-refractivity contribution in [3.63, 3.8) is 0 Å². The van der Waals surface area contributed by atoms with Crippen molar-refractivity contribution in [1.82, 2.24) is 20.8 Å². The third kappa shape index (κ3) is 12.9. The summed E-state index contributed by atoms with van der Waals surface area (Å²) in [5.74, 6) is -3.55. The maximum atomic E-state index is 11.4. The maximum Gasteiger partial charge on any atom is 0.334 e. The van der Waals surface area contributed by atoms with E-state index in [1.54, 1.807) is 0 Å². The molecule has 2 saturated heterocycles. The molecule has 0 spiro atoms. The molecule has 0 radical (unpaired) electrons. The number of rotatable bonds is 13. The number of carbonyl (C=O) groups is 8. The lowest BCUT2D eigenvalue weighted by Crippen LogP contribution is -2.34. The monoisotopic (exact) mass is 702 g/mol. The highest BCUT2D eigenvalue weighted by Crippen LogP contribution is 2.14. The highest BCUT2D eigenvalue weighted by atomic mass is 127. The van der Waals surface area contributed by atoms with Crippen molar-refractivity contribution in [3.8, 4) is 0 Å². The molecule has 0 aromatic carbocycles. The van der Waals surface area contributed by atoms with Gasteiger partial charge in [-0.1, -0.05) is 44.9 Å². The molecule has 0 atom stereocenters. The van der Waals surface area contributed by atoms with Crippen LogP contribution >= 0.6 is 38.5 Å². The van der Waals surface area contributed by atoms with Crippen LogP contribution in [0.15, 0.2) is 0 Å². The van der Waals surface area contributed by atoms with Gasteiger partial charge in [0.1, 0.15) is 0 Å². The highest BCUT2D eigenvalue weighted by molar-refractivity contribution is 14.1. The number of amides is 6. The third-order valence-corrected chi connectivity index (χ3v) is 5.87. The van der Waals surface area contributed by atoms with Crippen LogP contribution in [0.3, 0.4) is 0 Å². The van der Waals surface area contributed by atoms with E-state index >= 15 is 0 Å². The number of carbonyl (C=O) groups excluding carboxylic acids is 8. The van der Waals surface area contributed by atoms with E-state index in [0.29, 0.717) is 27.5 Å². The second-order valence-corrected chi connectivity index (χ2v) is 8.94. The number of hydrogen-bond donors (Lipinski definition) is 2. The number of alkyl halides is 2.